The molecule has 0 aliphatic heterocycles. The van der Waals surface area contributed by atoms with Crippen LogP contribution in [0, 0.1) is 0 Å². The molecule has 3 rings (SSSR count). The molecule has 1 amide bonds. The van der Waals surface area contributed by atoms with Gasteiger partial charge in [0.2, 0.25) is 11.1 Å². The maximum atomic E-state index is 12.0. The number of nitrogens with zero attached hydrogens (tertiary/aromatic N) is 2. The fourth-order valence-corrected chi connectivity index (χ4v) is 4.04. The quantitative estimate of drug-likeness (QED) is 0.510. The molecule has 5 nitrogen and oxygen atoms in total. The van der Waals surface area contributed by atoms with Crippen LogP contribution in [0.3, 0.4) is 0 Å². The van der Waals surface area contributed by atoms with E-state index in [2.05, 4.69) is 14.7 Å². The van der Waals surface area contributed by atoms with Gasteiger partial charge in [-0.25, -0.2) is 4.98 Å². The molecular formula is C17H14ClN3O2S3. The third-order valence-electron chi connectivity index (χ3n) is 3.09. The molecule has 0 fully saturated rings. The lowest BCUT2D eigenvalue weighted by Crippen LogP contribution is -2.13. The number of ether oxygens (including phenoxy) is 1. The molecule has 2 aromatic carbocycles. The molecule has 0 saturated heterocycles. The van der Waals surface area contributed by atoms with Gasteiger partial charge in [-0.3, -0.25) is 4.79 Å². The number of thioether (sulfide) groups is 2. The van der Waals surface area contributed by atoms with Crippen molar-refractivity contribution in [2.45, 2.75) is 9.50 Å². The Balaban J connectivity index is 1.50. The van der Waals surface area contributed by atoms with Crippen LogP contribution in [0.1, 0.15) is 0 Å². The van der Waals surface area contributed by atoms with E-state index in [1.165, 1.54) is 35.1 Å². The summed E-state index contributed by atoms with van der Waals surface area (Å²) in [5.41, 5.74) is 0.709. The normalized spacial score (nSPS) is 10.5. The zero-order chi connectivity index (χ0) is 18.4. The number of amides is 1. The lowest BCUT2D eigenvalue weighted by molar-refractivity contribution is -0.113. The molecule has 0 saturated carbocycles. The number of aromatic nitrogens is 2. The number of halogens is 1. The topological polar surface area (TPSA) is 64.1 Å². The van der Waals surface area contributed by atoms with Crippen LogP contribution < -0.4 is 10.1 Å². The van der Waals surface area contributed by atoms with E-state index in [1.54, 1.807) is 48.5 Å². The van der Waals surface area contributed by atoms with Crippen molar-refractivity contribution in [3.8, 4) is 11.5 Å². The first-order chi connectivity index (χ1) is 12.6. The number of rotatable bonds is 7. The maximum absolute atomic E-state index is 12.0. The van der Waals surface area contributed by atoms with Crippen molar-refractivity contribution in [3.63, 3.8) is 0 Å². The second-order valence-corrected chi connectivity index (χ2v) is 8.15. The Hall–Kier alpha value is -1.74. The third kappa shape index (κ3) is 5.63. The second kappa shape index (κ2) is 9.27. The Bertz CT molecular complexity index is 870. The number of anilines is 1. The van der Waals surface area contributed by atoms with Crippen molar-refractivity contribution in [1.82, 2.24) is 9.36 Å². The number of carbonyl (C=O) groups excluding carboxylic acids is 1. The van der Waals surface area contributed by atoms with Crippen LogP contribution in [0.15, 0.2) is 58.0 Å². The van der Waals surface area contributed by atoms with Crippen molar-refractivity contribution in [3.05, 3.63) is 53.6 Å². The summed E-state index contributed by atoms with van der Waals surface area (Å²) < 4.78 is 10.7. The van der Waals surface area contributed by atoms with E-state index in [1.807, 2.05) is 6.26 Å². The third-order valence-corrected chi connectivity index (χ3v) is 5.83. The van der Waals surface area contributed by atoms with Gasteiger partial charge in [0, 0.05) is 10.7 Å². The van der Waals surface area contributed by atoms with Gasteiger partial charge in [0.05, 0.1) is 5.75 Å². The molecule has 0 bridgehead atoms. The van der Waals surface area contributed by atoms with Gasteiger partial charge >= 0.3 is 0 Å². The minimum Gasteiger partial charge on any atom is -0.457 e. The first-order valence-corrected chi connectivity index (χ1v) is 10.8. The van der Waals surface area contributed by atoms with Crippen molar-refractivity contribution in [2.75, 3.05) is 17.3 Å². The van der Waals surface area contributed by atoms with E-state index in [0.717, 1.165) is 9.50 Å². The molecule has 1 aromatic heterocycles. The molecule has 0 spiro atoms. The predicted octanol–water partition coefficient (Wildman–Crippen LogP) is 5.44. The van der Waals surface area contributed by atoms with Gasteiger partial charge in [-0.1, -0.05) is 35.1 Å². The molecule has 0 atom stereocenters. The first kappa shape index (κ1) is 19.0. The average Bonchev–Trinajstić information content (AvgIpc) is 3.12. The van der Waals surface area contributed by atoms with E-state index in [-0.39, 0.29) is 11.7 Å². The van der Waals surface area contributed by atoms with E-state index < -0.39 is 0 Å². The van der Waals surface area contributed by atoms with Crippen molar-refractivity contribution in [2.24, 2.45) is 0 Å². The van der Waals surface area contributed by atoms with Gasteiger partial charge in [0.25, 0.3) is 0 Å². The second-order valence-electron chi connectivity index (χ2n) is 4.96. The van der Waals surface area contributed by atoms with Crippen LogP contribution in [0.5, 0.6) is 11.5 Å². The zero-order valence-electron chi connectivity index (χ0n) is 13.6. The largest absolute Gasteiger partial charge is 0.457 e. The summed E-state index contributed by atoms with van der Waals surface area (Å²) in [6, 6.07) is 14.3. The van der Waals surface area contributed by atoms with Crippen molar-refractivity contribution >= 4 is 58.3 Å². The van der Waals surface area contributed by atoms with E-state index in [4.69, 9.17) is 16.3 Å². The number of carbonyl (C=O) groups is 1. The fraction of sp³-hybridized carbons (Fsp3) is 0.118. The number of nitrogens with one attached hydrogen (secondary N) is 1. The highest BCUT2D eigenvalue weighted by atomic mass is 35.5. The summed E-state index contributed by atoms with van der Waals surface area (Å²) >= 11 is 10.0. The molecule has 0 aliphatic rings. The molecular weight excluding hydrogens is 410 g/mol. The Kier molecular flexibility index (Phi) is 6.79. The number of hydrogen-bond donors (Lipinski definition) is 1. The minimum absolute atomic E-state index is 0.0951. The van der Waals surface area contributed by atoms with Gasteiger partial charge in [-0.05, 0) is 66.3 Å². The van der Waals surface area contributed by atoms with Crippen LogP contribution in [-0.4, -0.2) is 27.3 Å². The molecule has 9 heteroatoms. The Morgan fingerprint density at radius 1 is 1.15 bits per heavy atom. The van der Waals surface area contributed by atoms with E-state index in [0.29, 0.717) is 22.2 Å². The summed E-state index contributed by atoms with van der Waals surface area (Å²) in [6.07, 6.45) is 1.92. The standard InChI is InChI=1S/C17H14ClN3O2S3/c1-24-16-20-17(26-21-16)25-10-15(22)19-12-4-8-14(9-5-12)23-13-6-2-11(18)3-7-13/h2-9H,10H2,1H3,(H,19,22). The average molecular weight is 424 g/mol. The molecule has 1 heterocycles. The number of hydrogen-bond acceptors (Lipinski definition) is 7. The van der Waals surface area contributed by atoms with Crippen molar-refractivity contribution < 1.29 is 9.53 Å². The van der Waals surface area contributed by atoms with E-state index in [9.17, 15) is 4.79 Å². The Morgan fingerprint density at radius 3 is 2.42 bits per heavy atom. The van der Waals surface area contributed by atoms with Crippen LogP contribution in [0.2, 0.25) is 5.02 Å². The minimum atomic E-state index is -0.0951. The molecule has 3 aromatic rings. The molecule has 0 radical (unpaired) electrons. The van der Waals surface area contributed by atoms with Gasteiger partial charge in [0.1, 0.15) is 11.5 Å². The Labute approximate surface area is 168 Å². The van der Waals surface area contributed by atoms with Crippen LogP contribution >= 0.6 is 46.7 Å². The van der Waals surface area contributed by atoms with Gasteiger partial charge in [-0.15, -0.1) is 0 Å². The summed E-state index contributed by atoms with van der Waals surface area (Å²) in [7, 11) is 0. The number of benzene rings is 2. The monoisotopic (exact) mass is 423 g/mol. The Morgan fingerprint density at radius 2 is 1.81 bits per heavy atom. The molecule has 0 aliphatic carbocycles. The van der Waals surface area contributed by atoms with Gasteiger partial charge < -0.3 is 10.1 Å². The predicted molar refractivity (Wildman–Crippen MR) is 109 cm³/mol. The molecule has 0 unspecified atom stereocenters. The molecule has 1 N–H and O–H groups in total. The highest BCUT2D eigenvalue weighted by molar-refractivity contribution is 8.01. The lowest BCUT2D eigenvalue weighted by atomic mass is 10.3. The fourth-order valence-electron chi connectivity index (χ4n) is 1.91. The summed E-state index contributed by atoms with van der Waals surface area (Å²) in [6.45, 7) is 0. The van der Waals surface area contributed by atoms with E-state index >= 15 is 0 Å². The SMILES string of the molecule is CSc1nsc(SCC(=O)Nc2ccc(Oc3ccc(Cl)cc3)cc2)n1. The van der Waals surface area contributed by atoms with Crippen LogP contribution in [0.4, 0.5) is 5.69 Å². The highest BCUT2D eigenvalue weighted by Crippen LogP contribution is 2.25. The summed E-state index contributed by atoms with van der Waals surface area (Å²) in [5.74, 6) is 1.57. The highest BCUT2D eigenvalue weighted by Gasteiger charge is 2.08. The molecule has 26 heavy (non-hydrogen) atoms. The summed E-state index contributed by atoms with van der Waals surface area (Å²) in [4.78, 5) is 16.3. The molecule has 134 valence electrons. The summed E-state index contributed by atoms with van der Waals surface area (Å²) in [5, 5.41) is 4.24. The van der Waals surface area contributed by atoms with Gasteiger partial charge in [0.15, 0.2) is 4.34 Å². The van der Waals surface area contributed by atoms with Crippen LogP contribution in [-0.2, 0) is 4.79 Å². The smallest absolute Gasteiger partial charge is 0.234 e. The van der Waals surface area contributed by atoms with Crippen LogP contribution in [0.25, 0.3) is 0 Å². The maximum Gasteiger partial charge on any atom is 0.234 e. The van der Waals surface area contributed by atoms with Gasteiger partial charge in [-0.2, -0.15) is 4.37 Å². The van der Waals surface area contributed by atoms with Crippen molar-refractivity contribution in [1.29, 1.82) is 0 Å². The first-order valence-electron chi connectivity index (χ1n) is 7.46. The zero-order valence-corrected chi connectivity index (χ0v) is 16.8. The lowest BCUT2D eigenvalue weighted by Gasteiger charge is -2.08.